The summed E-state index contributed by atoms with van der Waals surface area (Å²) in [6.07, 6.45) is 1.94. The van der Waals surface area contributed by atoms with E-state index in [1.807, 2.05) is 13.8 Å². The molecule has 3 amide bonds. The maximum atomic E-state index is 14.4. The van der Waals surface area contributed by atoms with Crippen LogP contribution in [-0.4, -0.2) is 61.1 Å². The Hall–Kier alpha value is -3.11. The molecule has 2 aliphatic heterocycles. The van der Waals surface area contributed by atoms with Crippen molar-refractivity contribution in [3.05, 3.63) is 23.8 Å². The van der Waals surface area contributed by atoms with Crippen LogP contribution in [0.1, 0.15) is 39.5 Å². The zero-order chi connectivity index (χ0) is 23.3. The number of anilines is 2. The molecule has 0 bridgehead atoms. The lowest BCUT2D eigenvalue weighted by Gasteiger charge is -2.32. The minimum atomic E-state index is -0.962. The number of halogens is 2. The number of nitrogens with one attached hydrogen (secondary N) is 1. The van der Waals surface area contributed by atoms with Crippen molar-refractivity contribution in [2.24, 2.45) is 10.9 Å². The van der Waals surface area contributed by atoms with E-state index in [4.69, 9.17) is 15.3 Å². The summed E-state index contributed by atoms with van der Waals surface area (Å²) in [4.78, 5) is 31.9. The Morgan fingerprint density at radius 2 is 1.78 bits per heavy atom. The molecular weight excluding hydrogens is 424 g/mol. The summed E-state index contributed by atoms with van der Waals surface area (Å²) in [5, 5.41) is 6.32. The molecule has 0 aromatic heterocycles. The fourth-order valence-electron chi connectivity index (χ4n) is 3.67. The predicted molar refractivity (Wildman–Crippen MR) is 116 cm³/mol. The number of piperidine rings is 2. The van der Waals surface area contributed by atoms with E-state index in [1.165, 1.54) is 0 Å². The van der Waals surface area contributed by atoms with Gasteiger partial charge in [0.15, 0.2) is 0 Å². The van der Waals surface area contributed by atoms with E-state index in [0.29, 0.717) is 51.9 Å². The smallest absolute Gasteiger partial charge is 0.410 e. The maximum Gasteiger partial charge on any atom is 0.410 e. The number of carbonyl (C=O) groups excluding carboxylic acids is 2. The number of hydrogen-bond acceptors (Lipinski definition) is 6. The number of primary amides is 1. The number of likely N-dealkylation sites (tertiary alicyclic amines) is 1. The number of amides is 3. The lowest BCUT2D eigenvalue weighted by atomic mass is 10.1. The van der Waals surface area contributed by atoms with E-state index in [2.05, 4.69) is 10.5 Å². The molecule has 11 heteroatoms. The number of hydrogen-bond donors (Lipinski definition) is 2. The largest absolute Gasteiger partial charge is 0.447 e. The summed E-state index contributed by atoms with van der Waals surface area (Å²) in [6.45, 7) is 5.66. The summed E-state index contributed by atoms with van der Waals surface area (Å²) in [6, 6.07) is 1.01. The minimum Gasteiger partial charge on any atom is -0.447 e. The van der Waals surface area contributed by atoms with Crippen LogP contribution in [0, 0.1) is 11.6 Å². The molecule has 0 spiro atoms. The van der Waals surface area contributed by atoms with Gasteiger partial charge < -0.3 is 30.4 Å². The van der Waals surface area contributed by atoms with Crippen molar-refractivity contribution < 1.29 is 27.9 Å². The van der Waals surface area contributed by atoms with Crippen LogP contribution in [0.4, 0.5) is 29.7 Å². The third kappa shape index (κ3) is 6.21. The summed E-state index contributed by atoms with van der Waals surface area (Å²) >= 11 is 0. The van der Waals surface area contributed by atoms with E-state index in [1.54, 1.807) is 9.80 Å². The second-order valence-corrected chi connectivity index (χ2v) is 8.14. The molecule has 0 saturated carbocycles. The minimum absolute atomic E-state index is 0.0690. The lowest BCUT2D eigenvalue weighted by Crippen LogP contribution is -2.41. The summed E-state index contributed by atoms with van der Waals surface area (Å²) in [5.74, 6) is -1.40. The van der Waals surface area contributed by atoms with Crippen LogP contribution in [-0.2, 0) is 9.57 Å². The van der Waals surface area contributed by atoms with Crippen LogP contribution in [0.25, 0.3) is 0 Å². The van der Waals surface area contributed by atoms with Crippen molar-refractivity contribution in [1.82, 2.24) is 4.90 Å². The van der Waals surface area contributed by atoms with Gasteiger partial charge in [0, 0.05) is 64.0 Å². The van der Waals surface area contributed by atoms with Crippen molar-refractivity contribution in [2.45, 2.75) is 51.7 Å². The molecule has 32 heavy (non-hydrogen) atoms. The van der Waals surface area contributed by atoms with Gasteiger partial charge in [-0.3, -0.25) is 0 Å². The highest BCUT2D eigenvalue weighted by atomic mass is 19.1. The van der Waals surface area contributed by atoms with Crippen LogP contribution in [0.2, 0.25) is 0 Å². The fourth-order valence-corrected chi connectivity index (χ4v) is 3.67. The molecule has 3 rings (SSSR count). The van der Waals surface area contributed by atoms with Gasteiger partial charge in [0.2, 0.25) is 0 Å². The third-order valence-corrected chi connectivity index (χ3v) is 5.34. The zero-order valence-corrected chi connectivity index (χ0v) is 18.3. The first kappa shape index (κ1) is 23.6. The molecule has 176 valence electrons. The van der Waals surface area contributed by atoms with Gasteiger partial charge in [-0.25, -0.2) is 18.4 Å². The van der Waals surface area contributed by atoms with Gasteiger partial charge in [0.05, 0.1) is 23.2 Å². The SMILES string of the molecule is CC(C)OC(=O)N1CCC(ON=C2CCN(c3cc(F)c(NC(N)=O)cc3F)CC2)CC1. The first-order valence-corrected chi connectivity index (χ1v) is 10.7. The molecular formula is C21H29F2N5O4. The Balaban J connectivity index is 1.48. The summed E-state index contributed by atoms with van der Waals surface area (Å²) < 4.78 is 33.8. The van der Waals surface area contributed by atoms with Crippen LogP contribution >= 0.6 is 0 Å². The standard InChI is InChI=1S/C21H29F2N5O4/c1-13(2)31-21(30)28-9-5-15(6-10-28)32-26-14-3-7-27(8-4-14)19-12-16(22)18(11-17(19)23)25-20(24)29/h11-13,15H,3-10H2,1-2H3,(H3,24,25,29). The van der Waals surface area contributed by atoms with Gasteiger partial charge in [-0.15, -0.1) is 0 Å². The normalized spacial score (nSPS) is 17.3. The molecule has 9 nitrogen and oxygen atoms in total. The fraction of sp³-hybridized carbons (Fsp3) is 0.571. The topological polar surface area (TPSA) is 109 Å². The average Bonchev–Trinajstić information content (AvgIpc) is 2.74. The Bertz CT molecular complexity index is 862. The first-order valence-electron chi connectivity index (χ1n) is 10.7. The van der Waals surface area contributed by atoms with E-state index < -0.39 is 17.7 Å². The van der Waals surface area contributed by atoms with Crippen molar-refractivity contribution >= 4 is 29.2 Å². The van der Waals surface area contributed by atoms with E-state index >= 15 is 0 Å². The maximum absolute atomic E-state index is 14.4. The first-order chi connectivity index (χ1) is 15.2. The van der Waals surface area contributed by atoms with Gasteiger partial charge in [-0.2, -0.15) is 0 Å². The Morgan fingerprint density at radius 1 is 1.12 bits per heavy atom. The van der Waals surface area contributed by atoms with Crippen LogP contribution in [0.5, 0.6) is 0 Å². The molecule has 1 aromatic rings. The van der Waals surface area contributed by atoms with Gasteiger partial charge >= 0.3 is 12.1 Å². The molecule has 0 radical (unpaired) electrons. The number of ether oxygens (including phenoxy) is 1. The number of oxime groups is 1. The highest BCUT2D eigenvalue weighted by Crippen LogP contribution is 2.28. The molecule has 2 saturated heterocycles. The molecule has 0 aliphatic carbocycles. The lowest BCUT2D eigenvalue weighted by molar-refractivity contribution is 0.00415. The second kappa shape index (κ2) is 10.5. The van der Waals surface area contributed by atoms with Gasteiger partial charge in [0.1, 0.15) is 17.7 Å². The van der Waals surface area contributed by atoms with Crippen LogP contribution in [0.15, 0.2) is 17.3 Å². The third-order valence-electron chi connectivity index (χ3n) is 5.34. The molecule has 3 N–H and O–H groups in total. The highest BCUT2D eigenvalue weighted by Gasteiger charge is 2.26. The average molecular weight is 453 g/mol. The summed E-state index contributed by atoms with van der Waals surface area (Å²) in [7, 11) is 0. The Kier molecular flexibility index (Phi) is 7.70. The number of rotatable bonds is 5. The number of urea groups is 1. The molecule has 0 unspecified atom stereocenters. The summed E-state index contributed by atoms with van der Waals surface area (Å²) in [5.41, 5.74) is 5.65. The van der Waals surface area contributed by atoms with Gasteiger partial charge in [0.25, 0.3) is 0 Å². The Morgan fingerprint density at radius 3 is 2.38 bits per heavy atom. The van der Waals surface area contributed by atoms with Gasteiger partial charge in [-0.05, 0) is 13.8 Å². The van der Waals surface area contributed by atoms with Crippen molar-refractivity contribution in [3.63, 3.8) is 0 Å². The molecule has 2 fully saturated rings. The quantitative estimate of drug-likeness (QED) is 0.664. The molecule has 1 aromatic carbocycles. The van der Waals surface area contributed by atoms with Crippen molar-refractivity contribution in [3.8, 4) is 0 Å². The molecule has 0 atom stereocenters. The molecule has 2 aliphatic rings. The van der Waals surface area contributed by atoms with Crippen LogP contribution in [0.3, 0.4) is 0 Å². The Labute approximate surface area is 185 Å². The number of benzene rings is 1. The number of carbonyl (C=O) groups is 2. The number of nitrogens with two attached hydrogens (primary N) is 1. The van der Waals surface area contributed by atoms with E-state index in [0.717, 1.165) is 17.8 Å². The second-order valence-electron chi connectivity index (χ2n) is 8.14. The van der Waals surface area contributed by atoms with Crippen LogP contribution < -0.4 is 16.0 Å². The van der Waals surface area contributed by atoms with Crippen molar-refractivity contribution in [2.75, 3.05) is 36.4 Å². The van der Waals surface area contributed by atoms with E-state index in [-0.39, 0.29) is 29.7 Å². The monoisotopic (exact) mass is 453 g/mol. The number of nitrogens with zero attached hydrogens (tertiary/aromatic N) is 3. The van der Waals surface area contributed by atoms with Gasteiger partial charge in [-0.1, -0.05) is 5.16 Å². The zero-order valence-electron chi connectivity index (χ0n) is 18.3. The van der Waals surface area contributed by atoms with Crippen molar-refractivity contribution in [1.29, 1.82) is 0 Å². The highest BCUT2D eigenvalue weighted by molar-refractivity contribution is 5.88. The molecule has 2 heterocycles. The van der Waals surface area contributed by atoms with E-state index in [9.17, 15) is 18.4 Å². The predicted octanol–water partition coefficient (Wildman–Crippen LogP) is 3.44.